The lowest BCUT2D eigenvalue weighted by Crippen LogP contribution is -2.08. The zero-order valence-corrected chi connectivity index (χ0v) is 8.10. The molecule has 1 aromatic heterocycles. The van der Waals surface area contributed by atoms with Crippen molar-refractivity contribution in [3.8, 4) is 6.07 Å². The highest BCUT2D eigenvalue weighted by atomic mass is 16.1. The highest BCUT2D eigenvalue weighted by molar-refractivity contribution is 5.83. The molecule has 0 aliphatic heterocycles. The van der Waals surface area contributed by atoms with E-state index in [4.69, 9.17) is 5.26 Å². The van der Waals surface area contributed by atoms with Gasteiger partial charge in [-0.1, -0.05) is 0 Å². The van der Waals surface area contributed by atoms with Crippen LogP contribution in [0.4, 0.5) is 0 Å². The van der Waals surface area contributed by atoms with Gasteiger partial charge in [0.15, 0.2) is 0 Å². The van der Waals surface area contributed by atoms with Gasteiger partial charge in [-0.15, -0.1) is 0 Å². The van der Waals surface area contributed by atoms with Gasteiger partial charge in [-0.25, -0.2) is 0 Å². The smallest absolute Gasteiger partial charge is 0.137 e. The van der Waals surface area contributed by atoms with E-state index >= 15 is 0 Å². The Balaban J connectivity index is 2.79. The Morgan fingerprint density at radius 1 is 1.57 bits per heavy atom. The third-order valence-corrected chi connectivity index (χ3v) is 2.14. The van der Waals surface area contributed by atoms with Crippen LogP contribution in [0.1, 0.15) is 31.2 Å². The van der Waals surface area contributed by atoms with Crippen LogP contribution >= 0.6 is 0 Å². The van der Waals surface area contributed by atoms with Gasteiger partial charge in [0.1, 0.15) is 5.78 Å². The lowest BCUT2D eigenvalue weighted by Gasteiger charge is -2.11. The molecule has 1 rings (SSSR count). The SMILES string of the molecule is CC(=O)C(CCC#N)c1ccncc1. The van der Waals surface area contributed by atoms with Gasteiger partial charge in [0.05, 0.1) is 6.07 Å². The third-order valence-electron chi connectivity index (χ3n) is 2.14. The number of carbonyl (C=O) groups is 1. The molecule has 1 unspecified atom stereocenters. The predicted molar refractivity (Wildman–Crippen MR) is 52.5 cm³/mol. The number of hydrogen-bond donors (Lipinski definition) is 0. The van der Waals surface area contributed by atoms with Gasteiger partial charge in [0.25, 0.3) is 0 Å². The molecule has 0 aliphatic carbocycles. The zero-order valence-electron chi connectivity index (χ0n) is 8.10. The second kappa shape index (κ2) is 5.13. The first kappa shape index (κ1) is 10.4. The Morgan fingerprint density at radius 3 is 2.71 bits per heavy atom. The number of hydrogen-bond acceptors (Lipinski definition) is 3. The fraction of sp³-hybridized carbons (Fsp3) is 0.364. The maximum absolute atomic E-state index is 11.3. The van der Waals surface area contributed by atoms with Gasteiger partial charge < -0.3 is 0 Å². The van der Waals surface area contributed by atoms with Gasteiger partial charge in [-0.2, -0.15) is 5.26 Å². The summed E-state index contributed by atoms with van der Waals surface area (Å²) in [5, 5.41) is 8.47. The summed E-state index contributed by atoms with van der Waals surface area (Å²) in [5.74, 6) is -0.0518. The van der Waals surface area contributed by atoms with E-state index in [1.54, 1.807) is 19.3 Å². The molecule has 0 saturated heterocycles. The molecule has 0 aromatic carbocycles. The van der Waals surface area contributed by atoms with E-state index in [0.717, 1.165) is 5.56 Å². The number of aromatic nitrogens is 1. The van der Waals surface area contributed by atoms with E-state index in [1.165, 1.54) is 0 Å². The minimum Gasteiger partial charge on any atom is -0.299 e. The summed E-state index contributed by atoms with van der Waals surface area (Å²) < 4.78 is 0. The van der Waals surface area contributed by atoms with Crippen molar-refractivity contribution < 1.29 is 4.79 Å². The zero-order chi connectivity index (χ0) is 10.4. The van der Waals surface area contributed by atoms with Crippen LogP contribution in [0.15, 0.2) is 24.5 Å². The van der Waals surface area contributed by atoms with Crippen molar-refractivity contribution in [2.75, 3.05) is 0 Å². The summed E-state index contributed by atoms with van der Waals surface area (Å²) in [6.45, 7) is 1.56. The average molecular weight is 188 g/mol. The Bertz CT molecular complexity index is 340. The molecular formula is C11H12N2O. The third kappa shape index (κ3) is 2.67. The van der Waals surface area contributed by atoms with Crippen molar-refractivity contribution in [1.82, 2.24) is 4.98 Å². The molecule has 14 heavy (non-hydrogen) atoms. The van der Waals surface area contributed by atoms with Crippen molar-refractivity contribution in [3.63, 3.8) is 0 Å². The quantitative estimate of drug-likeness (QED) is 0.726. The van der Waals surface area contributed by atoms with E-state index in [9.17, 15) is 4.79 Å². The molecule has 3 nitrogen and oxygen atoms in total. The molecule has 0 N–H and O–H groups in total. The Kier molecular flexibility index (Phi) is 3.81. The topological polar surface area (TPSA) is 53.8 Å². The highest BCUT2D eigenvalue weighted by Gasteiger charge is 2.15. The molecule has 3 heteroatoms. The van der Waals surface area contributed by atoms with Gasteiger partial charge in [0.2, 0.25) is 0 Å². The lowest BCUT2D eigenvalue weighted by molar-refractivity contribution is -0.118. The summed E-state index contributed by atoms with van der Waals surface area (Å²) in [7, 11) is 0. The van der Waals surface area contributed by atoms with E-state index in [0.29, 0.717) is 12.8 Å². The monoisotopic (exact) mass is 188 g/mol. The van der Waals surface area contributed by atoms with Crippen molar-refractivity contribution in [1.29, 1.82) is 5.26 Å². The van der Waals surface area contributed by atoms with Crippen LogP contribution in [-0.2, 0) is 4.79 Å². The summed E-state index contributed by atoms with van der Waals surface area (Å²) in [6.07, 6.45) is 4.33. The Hall–Kier alpha value is -1.69. The Labute approximate surface area is 83.4 Å². The summed E-state index contributed by atoms with van der Waals surface area (Å²) in [6, 6.07) is 5.70. The molecule has 0 saturated carbocycles. The minimum atomic E-state index is -0.155. The number of ketones is 1. The van der Waals surface area contributed by atoms with Gasteiger partial charge >= 0.3 is 0 Å². The molecule has 0 radical (unpaired) electrons. The first-order valence-electron chi connectivity index (χ1n) is 4.53. The summed E-state index contributed by atoms with van der Waals surface area (Å²) >= 11 is 0. The normalized spacial score (nSPS) is 11.7. The summed E-state index contributed by atoms with van der Waals surface area (Å²) in [5.41, 5.74) is 0.947. The number of nitrogens with zero attached hydrogens (tertiary/aromatic N) is 2. The van der Waals surface area contributed by atoms with E-state index in [2.05, 4.69) is 11.1 Å². The maximum atomic E-state index is 11.3. The molecule has 0 fully saturated rings. The number of rotatable bonds is 4. The molecule has 0 bridgehead atoms. The first-order chi connectivity index (χ1) is 6.75. The number of nitriles is 1. The van der Waals surface area contributed by atoms with Crippen LogP contribution in [0, 0.1) is 11.3 Å². The van der Waals surface area contributed by atoms with Crippen LogP contribution < -0.4 is 0 Å². The maximum Gasteiger partial charge on any atom is 0.137 e. The molecule has 72 valence electrons. The molecule has 0 spiro atoms. The molecule has 1 aromatic rings. The summed E-state index contributed by atoms with van der Waals surface area (Å²) in [4.78, 5) is 15.2. The minimum absolute atomic E-state index is 0.103. The first-order valence-corrected chi connectivity index (χ1v) is 4.53. The van der Waals surface area contributed by atoms with Crippen molar-refractivity contribution in [2.45, 2.75) is 25.7 Å². The van der Waals surface area contributed by atoms with Gasteiger partial charge in [0, 0.05) is 24.7 Å². The molecule has 0 amide bonds. The Morgan fingerprint density at radius 2 is 2.21 bits per heavy atom. The second-order valence-electron chi connectivity index (χ2n) is 3.14. The largest absolute Gasteiger partial charge is 0.299 e. The van der Waals surface area contributed by atoms with E-state index in [1.807, 2.05) is 12.1 Å². The number of Topliss-reactive ketones (excluding diaryl/α,β-unsaturated/α-hetero) is 1. The number of pyridine rings is 1. The highest BCUT2D eigenvalue weighted by Crippen LogP contribution is 2.21. The van der Waals surface area contributed by atoms with Crippen molar-refractivity contribution >= 4 is 5.78 Å². The molecule has 1 atom stereocenters. The van der Waals surface area contributed by atoms with Crippen LogP contribution in [-0.4, -0.2) is 10.8 Å². The van der Waals surface area contributed by atoms with E-state index < -0.39 is 0 Å². The van der Waals surface area contributed by atoms with Gasteiger partial charge in [-0.05, 0) is 31.0 Å². The lowest BCUT2D eigenvalue weighted by atomic mass is 9.92. The average Bonchev–Trinajstić information content (AvgIpc) is 2.19. The van der Waals surface area contributed by atoms with Crippen LogP contribution in [0.3, 0.4) is 0 Å². The molecule has 0 aliphatic rings. The van der Waals surface area contributed by atoms with Crippen LogP contribution in [0.25, 0.3) is 0 Å². The second-order valence-corrected chi connectivity index (χ2v) is 3.14. The fourth-order valence-corrected chi connectivity index (χ4v) is 1.41. The van der Waals surface area contributed by atoms with E-state index in [-0.39, 0.29) is 11.7 Å². The van der Waals surface area contributed by atoms with Crippen molar-refractivity contribution in [2.24, 2.45) is 0 Å². The fourth-order valence-electron chi connectivity index (χ4n) is 1.41. The van der Waals surface area contributed by atoms with Crippen LogP contribution in [0.2, 0.25) is 0 Å². The van der Waals surface area contributed by atoms with Crippen molar-refractivity contribution in [3.05, 3.63) is 30.1 Å². The predicted octanol–water partition coefficient (Wildman–Crippen LogP) is 2.06. The van der Waals surface area contributed by atoms with Crippen LogP contribution in [0.5, 0.6) is 0 Å². The number of carbonyl (C=O) groups excluding carboxylic acids is 1. The standard InChI is InChI=1S/C11H12N2O/c1-9(14)11(3-2-6-12)10-4-7-13-8-5-10/h4-5,7-8,11H,2-3H2,1H3. The molecular weight excluding hydrogens is 176 g/mol. The van der Waals surface area contributed by atoms with Gasteiger partial charge in [-0.3, -0.25) is 9.78 Å². The molecule has 1 heterocycles.